The van der Waals surface area contributed by atoms with E-state index >= 15 is 0 Å². The van der Waals surface area contributed by atoms with E-state index in [1.165, 1.54) is 12.8 Å². The Labute approximate surface area is 188 Å². The molecule has 2 N–H and O–H groups in total. The molecule has 0 aliphatic carbocycles. The summed E-state index contributed by atoms with van der Waals surface area (Å²) in [5.41, 5.74) is 3.72. The minimum atomic E-state index is -0.368. The topological polar surface area (TPSA) is 90.4 Å². The number of rotatable bonds is 6. The molecule has 2 bridgehead atoms. The molecule has 2 aliphatic rings. The Morgan fingerprint density at radius 1 is 1.12 bits per heavy atom. The molecule has 2 aromatic heterocycles. The SMILES string of the molecule is COc1cc(-c2cn[nH]c2)ccc1-c1ccc(N(C)C2C[C@H]3CC[C@@H](C2)N3B(C)O)nn1. The molecule has 166 valence electrons. The maximum atomic E-state index is 10.1. The number of H-pyrrole nitrogens is 1. The lowest BCUT2D eigenvalue weighted by molar-refractivity contribution is 0.199. The lowest BCUT2D eigenvalue weighted by Gasteiger charge is -2.43. The summed E-state index contributed by atoms with van der Waals surface area (Å²) in [5.74, 6) is 1.62. The Morgan fingerprint density at radius 3 is 2.50 bits per heavy atom. The van der Waals surface area contributed by atoms with E-state index in [4.69, 9.17) is 4.74 Å². The smallest absolute Gasteiger partial charge is 0.376 e. The molecule has 0 saturated carbocycles. The first-order valence-corrected chi connectivity index (χ1v) is 11.2. The van der Waals surface area contributed by atoms with Crippen LogP contribution in [0.4, 0.5) is 5.82 Å². The number of hydrogen-bond acceptors (Lipinski definition) is 7. The molecule has 8 nitrogen and oxygen atoms in total. The van der Waals surface area contributed by atoms with Crippen molar-refractivity contribution in [1.82, 2.24) is 25.2 Å². The van der Waals surface area contributed by atoms with Crippen LogP contribution in [0.3, 0.4) is 0 Å². The number of hydrogen-bond donors (Lipinski definition) is 2. The maximum Gasteiger partial charge on any atom is 0.376 e. The number of aromatic amines is 1. The zero-order valence-electron chi connectivity index (χ0n) is 18.8. The zero-order chi connectivity index (χ0) is 22.2. The molecular weight excluding hydrogens is 403 g/mol. The van der Waals surface area contributed by atoms with Crippen molar-refractivity contribution in [3.05, 3.63) is 42.7 Å². The third-order valence-corrected chi connectivity index (χ3v) is 7.06. The molecule has 3 atom stereocenters. The number of benzene rings is 1. The van der Waals surface area contributed by atoms with Crippen LogP contribution in [0, 0.1) is 0 Å². The monoisotopic (exact) mass is 432 g/mol. The molecule has 1 aromatic carbocycles. The van der Waals surface area contributed by atoms with E-state index < -0.39 is 0 Å². The Kier molecular flexibility index (Phi) is 5.61. The normalized spacial score (nSPS) is 22.7. The number of aromatic nitrogens is 4. The molecule has 2 saturated heterocycles. The van der Waals surface area contributed by atoms with Gasteiger partial charge >= 0.3 is 7.05 Å². The zero-order valence-corrected chi connectivity index (χ0v) is 18.8. The number of anilines is 1. The van der Waals surface area contributed by atoms with Crippen molar-refractivity contribution < 1.29 is 9.76 Å². The predicted octanol–water partition coefficient (Wildman–Crippen LogP) is 3.08. The van der Waals surface area contributed by atoms with Gasteiger partial charge in [-0.2, -0.15) is 5.10 Å². The summed E-state index contributed by atoms with van der Waals surface area (Å²) in [6, 6.07) is 11.4. The summed E-state index contributed by atoms with van der Waals surface area (Å²) in [6.07, 6.45) is 8.07. The molecule has 4 heterocycles. The summed E-state index contributed by atoms with van der Waals surface area (Å²) in [4.78, 5) is 4.54. The minimum absolute atomic E-state index is 0.368. The average molecular weight is 432 g/mol. The molecule has 0 radical (unpaired) electrons. The molecule has 9 heteroatoms. The lowest BCUT2D eigenvalue weighted by atomic mass is 9.78. The summed E-state index contributed by atoms with van der Waals surface area (Å²) < 4.78 is 5.64. The minimum Gasteiger partial charge on any atom is -0.496 e. The van der Waals surface area contributed by atoms with Crippen LogP contribution in [-0.4, -0.2) is 69.6 Å². The Balaban J connectivity index is 1.33. The van der Waals surface area contributed by atoms with Gasteiger partial charge in [-0.1, -0.05) is 6.07 Å². The van der Waals surface area contributed by atoms with Crippen LogP contribution in [0.15, 0.2) is 42.7 Å². The van der Waals surface area contributed by atoms with Crippen LogP contribution >= 0.6 is 0 Å². The molecule has 0 amide bonds. The molecule has 1 unspecified atom stereocenters. The van der Waals surface area contributed by atoms with Crippen LogP contribution in [0.2, 0.25) is 6.82 Å². The van der Waals surface area contributed by atoms with Crippen molar-refractivity contribution in [3.63, 3.8) is 0 Å². The summed E-state index contributed by atoms with van der Waals surface area (Å²) in [6.45, 7) is 1.88. The van der Waals surface area contributed by atoms with Gasteiger partial charge in [0.1, 0.15) is 5.75 Å². The van der Waals surface area contributed by atoms with Gasteiger partial charge in [0, 0.05) is 42.5 Å². The van der Waals surface area contributed by atoms with Crippen LogP contribution in [0.1, 0.15) is 25.7 Å². The fraction of sp³-hybridized carbons (Fsp3) is 0.435. The number of fused-ring (bicyclic) bond motifs is 2. The third-order valence-electron chi connectivity index (χ3n) is 7.06. The largest absolute Gasteiger partial charge is 0.496 e. The number of piperidine rings is 1. The van der Waals surface area contributed by atoms with E-state index in [9.17, 15) is 5.02 Å². The summed E-state index contributed by atoms with van der Waals surface area (Å²) in [7, 11) is 3.40. The van der Waals surface area contributed by atoms with Gasteiger partial charge in [0.05, 0.1) is 19.0 Å². The molecule has 2 aliphatic heterocycles. The van der Waals surface area contributed by atoms with E-state index in [2.05, 4.69) is 37.2 Å². The second-order valence-corrected chi connectivity index (χ2v) is 8.88. The Morgan fingerprint density at radius 2 is 1.91 bits per heavy atom. The third kappa shape index (κ3) is 3.76. The molecule has 32 heavy (non-hydrogen) atoms. The molecular formula is C23H29BN6O2. The highest BCUT2D eigenvalue weighted by Gasteiger charge is 2.44. The van der Waals surface area contributed by atoms with E-state index in [0.717, 1.165) is 46.8 Å². The molecule has 3 aromatic rings. The second-order valence-electron chi connectivity index (χ2n) is 8.88. The first-order valence-electron chi connectivity index (χ1n) is 11.2. The van der Waals surface area contributed by atoms with E-state index in [-0.39, 0.29) is 7.05 Å². The van der Waals surface area contributed by atoms with Crippen molar-refractivity contribution in [3.8, 4) is 28.1 Å². The summed E-state index contributed by atoms with van der Waals surface area (Å²) >= 11 is 0. The maximum absolute atomic E-state index is 10.1. The predicted molar refractivity (Wildman–Crippen MR) is 126 cm³/mol. The van der Waals surface area contributed by atoms with Crippen molar-refractivity contribution in [2.75, 3.05) is 19.1 Å². The van der Waals surface area contributed by atoms with Gasteiger partial charge in [-0.15, -0.1) is 10.2 Å². The second kappa shape index (κ2) is 8.56. The van der Waals surface area contributed by atoms with E-state index in [0.29, 0.717) is 18.1 Å². The molecule has 2 fully saturated rings. The summed E-state index contributed by atoms with van der Waals surface area (Å²) in [5, 5.41) is 26.1. The van der Waals surface area contributed by atoms with E-state index in [1.54, 1.807) is 13.3 Å². The van der Waals surface area contributed by atoms with Gasteiger partial charge < -0.3 is 19.5 Å². The quantitative estimate of drug-likeness (QED) is 0.579. The Bertz CT molecular complexity index is 1040. The number of ether oxygens (including phenoxy) is 1. The molecule has 5 rings (SSSR count). The average Bonchev–Trinajstić information content (AvgIpc) is 3.45. The van der Waals surface area contributed by atoms with Gasteiger partial charge in [0.2, 0.25) is 0 Å². The van der Waals surface area contributed by atoms with Crippen LogP contribution in [0.5, 0.6) is 5.75 Å². The van der Waals surface area contributed by atoms with Gasteiger partial charge in [-0.25, -0.2) is 0 Å². The lowest BCUT2D eigenvalue weighted by Crippen LogP contribution is -2.54. The number of nitrogens with zero attached hydrogens (tertiary/aromatic N) is 5. The highest BCUT2D eigenvalue weighted by atomic mass is 16.5. The van der Waals surface area contributed by atoms with Crippen LogP contribution in [0.25, 0.3) is 22.4 Å². The molecule has 0 spiro atoms. The Hall–Kier alpha value is -2.91. The van der Waals surface area contributed by atoms with Crippen LogP contribution in [-0.2, 0) is 0 Å². The highest BCUT2D eigenvalue weighted by molar-refractivity contribution is 6.45. The van der Waals surface area contributed by atoms with Gasteiger partial charge in [0.15, 0.2) is 5.82 Å². The fourth-order valence-electron chi connectivity index (χ4n) is 5.45. The fourth-order valence-corrected chi connectivity index (χ4v) is 5.45. The van der Waals surface area contributed by atoms with Gasteiger partial charge in [-0.3, -0.25) is 5.10 Å². The number of nitrogens with one attached hydrogen (secondary N) is 1. The van der Waals surface area contributed by atoms with Gasteiger partial charge in [-0.05, 0) is 62.3 Å². The number of methoxy groups -OCH3 is 1. The van der Waals surface area contributed by atoms with Crippen LogP contribution < -0.4 is 9.64 Å². The van der Waals surface area contributed by atoms with Crippen molar-refractivity contribution >= 4 is 12.9 Å². The first-order chi connectivity index (χ1) is 15.5. The first kappa shape index (κ1) is 21.0. The van der Waals surface area contributed by atoms with Gasteiger partial charge in [0.25, 0.3) is 0 Å². The van der Waals surface area contributed by atoms with Crippen molar-refractivity contribution in [2.45, 2.75) is 50.6 Å². The van der Waals surface area contributed by atoms with Crippen molar-refractivity contribution in [2.24, 2.45) is 0 Å². The standard InChI is InChI=1S/C23H29BN6O2/c1-24(31)30-17-5-6-18(30)12-19(11-17)29(2)23-9-8-21(27-28-23)20-7-4-15(10-22(20)32-3)16-13-25-26-14-16/h4,7-10,13-14,17-19,31H,5-6,11-12H2,1-3H3,(H,25,26)/t17-,18+,19?. The highest BCUT2D eigenvalue weighted by Crippen LogP contribution is 2.39. The van der Waals surface area contributed by atoms with Crippen molar-refractivity contribution in [1.29, 1.82) is 0 Å². The van der Waals surface area contributed by atoms with E-state index in [1.807, 2.05) is 43.4 Å².